The van der Waals surface area contributed by atoms with Crippen molar-refractivity contribution in [2.24, 2.45) is 11.6 Å². The van der Waals surface area contributed by atoms with E-state index >= 15 is 0 Å². The molecule has 0 fully saturated rings. The minimum Gasteiger partial charge on any atom is -0.489 e. The van der Waals surface area contributed by atoms with Gasteiger partial charge in [0.15, 0.2) is 5.70 Å². The number of nitriles is 1. The van der Waals surface area contributed by atoms with Crippen molar-refractivity contribution in [2.75, 3.05) is 0 Å². The average Bonchev–Trinajstić information content (AvgIpc) is 3.00. The predicted octanol–water partition coefficient (Wildman–Crippen LogP) is 1.94. The van der Waals surface area contributed by atoms with Crippen LogP contribution in [0.3, 0.4) is 0 Å². The molecule has 0 aliphatic heterocycles. The van der Waals surface area contributed by atoms with Crippen molar-refractivity contribution in [1.29, 1.82) is 5.26 Å². The lowest BCUT2D eigenvalue weighted by molar-refractivity contribution is 0.306. The van der Waals surface area contributed by atoms with Gasteiger partial charge < -0.3 is 15.9 Å². The smallest absolute Gasteiger partial charge is 0.151 e. The average molecular weight is 286 g/mol. The first kappa shape index (κ1) is 13.9. The topological polar surface area (TPSA) is 97.1 Å². The first-order valence-electron chi connectivity index (χ1n) is 5.85. The molecule has 0 radical (unpaired) electrons. The molecule has 0 atom stereocenters. The van der Waals surface area contributed by atoms with Crippen LogP contribution in [0.2, 0.25) is 0 Å². The van der Waals surface area contributed by atoms with E-state index in [0.717, 1.165) is 5.56 Å². The molecule has 5 N–H and O–H groups in total. The summed E-state index contributed by atoms with van der Waals surface area (Å²) in [5.74, 6) is 5.93. The molecular weight excluding hydrogens is 272 g/mol. The fourth-order valence-electron chi connectivity index (χ4n) is 1.61. The van der Waals surface area contributed by atoms with Crippen LogP contribution < -0.4 is 21.7 Å². The zero-order valence-electron chi connectivity index (χ0n) is 10.7. The third-order valence-corrected chi connectivity index (χ3v) is 3.39. The molecule has 0 saturated carbocycles. The van der Waals surface area contributed by atoms with Crippen molar-refractivity contribution >= 4 is 17.0 Å². The van der Waals surface area contributed by atoms with Crippen LogP contribution in [0.1, 0.15) is 11.1 Å². The van der Waals surface area contributed by atoms with Crippen molar-refractivity contribution in [3.05, 3.63) is 57.9 Å². The number of nitrogens with zero attached hydrogens (tertiary/aromatic N) is 1. The zero-order valence-corrected chi connectivity index (χ0v) is 11.5. The molecule has 20 heavy (non-hydrogen) atoms. The Labute approximate surface area is 121 Å². The van der Waals surface area contributed by atoms with Crippen LogP contribution in [0.4, 0.5) is 0 Å². The summed E-state index contributed by atoms with van der Waals surface area (Å²) in [6.45, 7) is 0.497. The molecule has 0 bridgehead atoms. The number of nitrogens with two attached hydrogens (primary N) is 2. The van der Waals surface area contributed by atoms with E-state index in [-0.39, 0.29) is 11.4 Å². The van der Waals surface area contributed by atoms with Crippen LogP contribution in [-0.4, -0.2) is 0 Å². The number of rotatable bonds is 5. The lowest BCUT2D eigenvalue weighted by atomic mass is 10.1. The lowest BCUT2D eigenvalue weighted by Gasteiger charge is -2.09. The summed E-state index contributed by atoms with van der Waals surface area (Å²) >= 11 is 1.63. The summed E-state index contributed by atoms with van der Waals surface area (Å²) in [6, 6.07) is 11.1. The number of nitrogens with one attached hydrogen (secondary N) is 1. The molecule has 1 aromatic heterocycles. The minimum atomic E-state index is 0.125. The largest absolute Gasteiger partial charge is 0.489 e. The summed E-state index contributed by atoms with van der Waals surface area (Å²) in [5, 5.41) is 12.9. The number of ether oxygens (including phenoxy) is 1. The first-order valence-corrected chi connectivity index (χ1v) is 6.79. The molecule has 0 aliphatic carbocycles. The van der Waals surface area contributed by atoms with Gasteiger partial charge in [-0.1, -0.05) is 12.1 Å². The lowest BCUT2D eigenvalue weighted by Crippen LogP contribution is -2.23. The predicted molar refractivity (Wildman–Crippen MR) is 79.1 cm³/mol. The summed E-state index contributed by atoms with van der Waals surface area (Å²) in [7, 11) is 0. The van der Waals surface area contributed by atoms with E-state index < -0.39 is 0 Å². The van der Waals surface area contributed by atoms with Crippen molar-refractivity contribution in [1.82, 2.24) is 5.43 Å². The maximum atomic E-state index is 8.89. The second-order valence-electron chi connectivity index (χ2n) is 3.99. The van der Waals surface area contributed by atoms with Crippen LogP contribution in [0.25, 0.3) is 5.70 Å². The summed E-state index contributed by atoms with van der Waals surface area (Å²) in [6.07, 6.45) is 0. The summed E-state index contributed by atoms with van der Waals surface area (Å²) in [5.41, 5.74) is 10.4. The van der Waals surface area contributed by atoms with Gasteiger partial charge in [-0.05, 0) is 34.5 Å². The number of hydrazine groups is 1. The number of thiophene rings is 1. The highest BCUT2D eigenvalue weighted by Crippen LogP contribution is 2.20. The standard InChI is InChI=1S/C14H14N4OS/c15-7-13(18-17)14(16)11-2-1-3-12(6-11)19-8-10-4-5-20-9-10/h1-6,9,18H,8,16-17H2/b14-13-. The van der Waals surface area contributed by atoms with Gasteiger partial charge >= 0.3 is 0 Å². The molecule has 0 spiro atoms. The molecule has 0 saturated heterocycles. The molecule has 0 unspecified atom stereocenters. The van der Waals surface area contributed by atoms with Crippen LogP contribution in [0.15, 0.2) is 46.8 Å². The number of hydrogen-bond donors (Lipinski definition) is 3. The van der Waals surface area contributed by atoms with Crippen molar-refractivity contribution < 1.29 is 4.74 Å². The quantitative estimate of drug-likeness (QED) is 0.443. The highest BCUT2D eigenvalue weighted by atomic mass is 32.1. The molecule has 2 rings (SSSR count). The van der Waals surface area contributed by atoms with Crippen molar-refractivity contribution in [3.63, 3.8) is 0 Å². The van der Waals surface area contributed by atoms with Gasteiger partial charge in [-0.15, -0.1) is 0 Å². The maximum Gasteiger partial charge on any atom is 0.151 e. The SMILES string of the molecule is N#C/C(NN)=C(/N)c1cccc(OCc2ccsc2)c1. The summed E-state index contributed by atoms with van der Waals surface area (Å²) in [4.78, 5) is 0. The van der Waals surface area contributed by atoms with Gasteiger partial charge in [0.25, 0.3) is 0 Å². The Bertz CT molecular complexity index is 643. The van der Waals surface area contributed by atoms with Gasteiger partial charge in [-0.25, -0.2) is 5.84 Å². The van der Waals surface area contributed by atoms with E-state index in [1.165, 1.54) is 0 Å². The van der Waals surface area contributed by atoms with Crippen LogP contribution in [-0.2, 0) is 6.61 Å². The Morgan fingerprint density at radius 2 is 2.25 bits per heavy atom. The van der Waals surface area contributed by atoms with Crippen molar-refractivity contribution in [2.45, 2.75) is 6.61 Å². The third-order valence-electron chi connectivity index (χ3n) is 2.66. The van der Waals surface area contributed by atoms with Crippen LogP contribution in [0, 0.1) is 11.3 Å². The Morgan fingerprint density at radius 1 is 1.40 bits per heavy atom. The molecule has 6 heteroatoms. The third kappa shape index (κ3) is 3.29. The zero-order chi connectivity index (χ0) is 14.4. The Morgan fingerprint density at radius 3 is 2.90 bits per heavy atom. The fraction of sp³-hybridized carbons (Fsp3) is 0.0714. The second-order valence-corrected chi connectivity index (χ2v) is 4.77. The minimum absolute atomic E-state index is 0.125. The Kier molecular flexibility index (Phi) is 4.60. The molecule has 102 valence electrons. The monoisotopic (exact) mass is 286 g/mol. The van der Waals surface area contributed by atoms with E-state index in [1.54, 1.807) is 23.5 Å². The second kappa shape index (κ2) is 6.61. The number of allylic oxidation sites excluding steroid dienone is 1. The highest BCUT2D eigenvalue weighted by Gasteiger charge is 2.06. The summed E-state index contributed by atoms with van der Waals surface area (Å²) < 4.78 is 5.68. The normalized spacial score (nSPS) is 11.4. The Balaban J connectivity index is 2.16. The molecule has 1 heterocycles. The Hall–Kier alpha value is -2.49. The van der Waals surface area contributed by atoms with Gasteiger partial charge in [0.2, 0.25) is 0 Å². The van der Waals surface area contributed by atoms with E-state index in [1.807, 2.05) is 35.0 Å². The molecule has 2 aromatic rings. The van der Waals surface area contributed by atoms with E-state index in [4.69, 9.17) is 21.6 Å². The van der Waals surface area contributed by atoms with Gasteiger partial charge in [-0.2, -0.15) is 16.6 Å². The van der Waals surface area contributed by atoms with Crippen LogP contribution >= 0.6 is 11.3 Å². The van der Waals surface area contributed by atoms with Crippen molar-refractivity contribution in [3.8, 4) is 11.8 Å². The molecule has 1 aromatic carbocycles. The number of benzene rings is 1. The maximum absolute atomic E-state index is 8.89. The number of hydrogen-bond acceptors (Lipinski definition) is 6. The van der Waals surface area contributed by atoms with E-state index in [9.17, 15) is 0 Å². The van der Waals surface area contributed by atoms with Gasteiger partial charge in [0.05, 0.1) is 5.70 Å². The molecule has 0 aliphatic rings. The van der Waals surface area contributed by atoms with Crippen LogP contribution in [0.5, 0.6) is 5.75 Å². The first-order chi connectivity index (χ1) is 9.74. The van der Waals surface area contributed by atoms with E-state index in [0.29, 0.717) is 17.9 Å². The van der Waals surface area contributed by atoms with Gasteiger partial charge in [-0.3, -0.25) is 0 Å². The molecule has 5 nitrogen and oxygen atoms in total. The fourth-order valence-corrected chi connectivity index (χ4v) is 2.26. The molecule has 0 amide bonds. The molecular formula is C14H14N4OS. The van der Waals surface area contributed by atoms with Gasteiger partial charge in [0.1, 0.15) is 18.4 Å². The highest BCUT2D eigenvalue weighted by molar-refractivity contribution is 7.07. The van der Waals surface area contributed by atoms with Gasteiger partial charge in [0, 0.05) is 5.56 Å². The van der Waals surface area contributed by atoms with E-state index in [2.05, 4.69) is 5.43 Å².